The molecule has 3 rings (SSSR count). The van der Waals surface area contributed by atoms with Crippen molar-refractivity contribution in [3.05, 3.63) is 76.1 Å². The van der Waals surface area contributed by atoms with Crippen LogP contribution in [0, 0.1) is 6.92 Å². The van der Waals surface area contributed by atoms with Gasteiger partial charge in [0.1, 0.15) is 11.6 Å². The van der Waals surface area contributed by atoms with E-state index in [1.807, 2.05) is 37.3 Å². The van der Waals surface area contributed by atoms with Gasteiger partial charge in [0.05, 0.1) is 7.11 Å². The van der Waals surface area contributed by atoms with E-state index in [2.05, 4.69) is 15.4 Å². The number of nitrogens with one attached hydrogen (secondary N) is 2. The number of esters is 1. The molecule has 0 bridgehead atoms. The second-order valence-corrected chi connectivity index (χ2v) is 6.27. The van der Waals surface area contributed by atoms with Crippen LogP contribution in [0.4, 0.5) is 5.69 Å². The normalized spacial score (nSPS) is 10.9. The summed E-state index contributed by atoms with van der Waals surface area (Å²) in [6, 6.07) is 15.4. The van der Waals surface area contributed by atoms with Crippen LogP contribution in [0.2, 0.25) is 0 Å². The van der Waals surface area contributed by atoms with Crippen molar-refractivity contribution >= 4 is 35.4 Å². The summed E-state index contributed by atoms with van der Waals surface area (Å²) < 4.78 is 9.59. The lowest BCUT2D eigenvalue weighted by atomic mass is 10.1. The Morgan fingerprint density at radius 3 is 2.47 bits per heavy atom. The number of carbonyl (C=O) groups excluding carboxylic acids is 3. The Balaban J connectivity index is 0.000000214. The number of ether oxygens (including phenoxy) is 1. The van der Waals surface area contributed by atoms with E-state index in [1.54, 1.807) is 18.2 Å². The smallest absolute Gasteiger partial charge is 0.336 e. The Bertz CT molecular complexity index is 1060. The molecule has 30 heavy (non-hydrogen) atoms. The van der Waals surface area contributed by atoms with Gasteiger partial charge in [0.2, 0.25) is 12.8 Å². The lowest BCUT2D eigenvalue weighted by Crippen LogP contribution is -2.38. The average Bonchev–Trinajstić information content (AvgIpc) is 2.74. The number of methoxy groups -OCH3 is 1. The fourth-order valence-electron chi connectivity index (χ4n) is 2.77. The van der Waals surface area contributed by atoms with Crippen LogP contribution in [0.3, 0.4) is 0 Å². The van der Waals surface area contributed by atoms with Gasteiger partial charge in [0.15, 0.2) is 0 Å². The fraction of sp³-hybridized carbons (Fsp3) is 0.182. The van der Waals surface area contributed by atoms with Crippen LogP contribution < -0.4 is 16.3 Å². The Morgan fingerprint density at radius 1 is 1.10 bits per heavy atom. The van der Waals surface area contributed by atoms with E-state index < -0.39 is 12.0 Å². The van der Waals surface area contributed by atoms with Gasteiger partial charge in [-0.3, -0.25) is 9.59 Å². The zero-order valence-electron chi connectivity index (χ0n) is 16.6. The van der Waals surface area contributed by atoms with Gasteiger partial charge in [-0.2, -0.15) is 0 Å². The number of hydrogen-bond acceptors (Lipinski definition) is 6. The third-order valence-corrected chi connectivity index (χ3v) is 4.21. The number of amides is 2. The first-order chi connectivity index (χ1) is 14.5. The molecule has 1 aromatic heterocycles. The molecule has 2 amide bonds. The summed E-state index contributed by atoms with van der Waals surface area (Å²) in [5, 5.41) is 5.79. The molecule has 0 saturated heterocycles. The van der Waals surface area contributed by atoms with Crippen molar-refractivity contribution in [2.75, 3.05) is 12.4 Å². The number of fused-ring (bicyclic) bond motifs is 1. The monoisotopic (exact) mass is 410 g/mol. The van der Waals surface area contributed by atoms with Gasteiger partial charge in [-0.15, -0.1) is 0 Å². The van der Waals surface area contributed by atoms with Gasteiger partial charge < -0.3 is 19.8 Å². The van der Waals surface area contributed by atoms with Crippen LogP contribution in [0.25, 0.3) is 11.0 Å². The van der Waals surface area contributed by atoms with Gasteiger partial charge in [0, 0.05) is 29.6 Å². The molecule has 8 heteroatoms. The molecule has 1 atom stereocenters. The fourth-order valence-corrected chi connectivity index (χ4v) is 2.77. The average molecular weight is 410 g/mol. The molecule has 0 radical (unpaired) electrons. The number of rotatable bonds is 7. The van der Waals surface area contributed by atoms with E-state index in [-0.39, 0.29) is 5.63 Å². The van der Waals surface area contributed by atoms with Gasteiger partial charge in [-0.25, -0.2) is 9.59 Å². The SMILES string of the molecule is COC(=O)C(Cc1ccccc1)NC=O.Cc1cc(=O)oc2cc(NC=O)ccc12. The second-order valence-electron chi connectivity index (χ2n) is 6.27. The lowest BCUT2D eigenvalue weighted by molar-refractivity contribution is -0.144. The quantitative estimate of drug-likeness (QED) is 0.351. The molecule has 0 saturated carbocycles. The molecule has 1 heterocycles. The van der Waals surface area contributed by atoms with Crippen LogP contribution >= 0.6 is 0 Å². The zero-order valence-corrected chi connectivity index (χ0v) is 16.6. The van der Waals surface area contributed by atoms with Crippen molar-refractivity contribution in [2.24, 2.45) is 0 Å². The summed E-state index contributed by atoms with van der Waals surface area (Å²) in [5.41, 5.74) is 2.53. The van der Waals surface area contributed by atoms with Crippen LogP contribution in [0.15, 0.2) is 63.8 Å². The summed E-state index contributed by atoms with van der Waals surface area (Å²) in [5.74, 6) is -0.439. The highest BCUT2D eigenvalue weighted by atomic mass is 16.5. The molecule has 3 aromatic rings. The van der Waals surface area contributed by atoms with Crippen LogP contribution in [-0.2, 0) is 25.5 Å². The molecular formula is C22H22N2O6. The number of anilines is 1. The molecule has 0 aliphatic heterocycles. The van der Waals surface area contributed by atoms with Crippen molar-refractivity contribution in [3.63, 3.8) is 0 Å². The molecule has 156 valence electrons. The standard InChI is InChI=1S/C11H9NO3.C11H13NO3/c1-7-4-11(14)15-10-5-8(12-6-13)2-3-9(7)10;1-15-11(14)10(12-8-13)7-9-5-3-2-4-6-9/h2-6H,1H3,(H,12,13);2-6,8,10H,7H2,1H3,(H,12,13). The third kappa shape index (κ3) is 6.30. The predicted molar refractivity (Wildman–Crippen MR) is 112 cm³/mol. The van der Waals surface area contributed by atoms with E-state index in [0.29, 0.717) is 30.5 Å². The van der Waals surface area contributed by atoms with Crippen LogP contribution in [0.1, 0.15) is 11.1 Å². The van der Waals surface area contributed by atoms with Gasteiger partial charge in [0.25, 0.3) is 0 Å². The Kier molecular flexibility index (Phi) is 8.31. The molecule has 0 aliphatic rings. The maximum atomic E-state index is 11.3. The maximum absolute atomic E-state index is 11.3. The zero-order chi connectivity index (χ0) is 21.9. The molecule has 2 aromatic carbocycles. The predicted octanol–water partition coefficient (Wildman–Crippen LogP) is 2.19. The summed E-state index contributed by atoms with van der Waals surface area (Å²) in [7, 11) is 1.30. The Labute approximate surface area is 172 Å². The minimum absolute atomic E-state index is 0.386. The first-order valence-corrected chi connectivity index (χ1v) is 9.04. The summed E-state index contributed by atoms with van der Waals surface area (Å²) in [6.07, 6.45) is 1.52. The lowest BCUT2D eigenvalue weighted by Gasteiger charge is -2.13. The van der Waals surface area contributed by atoms with E-state index in [1.165, 1.54) is 13.2 Å². The van der Waals surface area contributed by atoms with Crippen molar-refractivity contribution in [1.82, 2.24) is 5.32 Å². The maximum Gasteiger partial charge on any atom is 0.336 e. The highest BCUT2D eigenvalue weighted by Gasteiger charge is 2.18. The topological polar surface area (TPSA) is 115 Å². The molecular weight excluding hydrogens is 388 g/mol. The van der Waals surface area contributed by atoms with E-state index in [9.17, 15) is 19.2 Å². The minimum Gasteiger partial charge on any atom is -0.467 e. The number of aryl methyl sites for hydroxylation is 1. The second kappa shape index (κ2) is 11.2. The Morgan fingerprint density at radius 2 is 1.83 bits per heavy atom. The molecule has 0 fully saturated rings. The minimum atomic E-state index is -0.616. The van der Waals surface area contributed by atoms with Crippen LogP contribution in [0.5, 0.6) is 0 Å². The number of hydrogen-bond donors (Lipinski definition) is 2. The van der Waals surface area contributed by atoms with Crippen molar-refractivity contribution in [2.45, 2.75) is 19.4 Å². The number of carbonyl (C=O) groups is 3. The molecule has 2 N–H and O–H groups in total. The molecule has 1 unspecified atom stereocenters. The third-order valence-electron chi connectivity index (χ3n) is 4.21. The summed E-state index contributed by atoms with van der Waals surface area (Å²) in [6.45, 7) is 1.84. The summed E-state index contributed by atoms with van der Waals surface area (Å²) >= 11 is 0. The first kappa shape index (κ1) is 22.4. The molecule has 0 spiro atoms. The van der Waals surface area contributed by atoms with E-state index >= 15 is 0 Å². The largest absolute Gasteiger partial charge is 0.467 e. The molecule has 0 aliphatic carbocycles. The van der Waals surface area contributed by atoms with Crippen molar-refractivity contribution in [1.29, 1.82) is 0 Å². The van der Waals surface area contributed by atoms with Crippen molar-refractivity contribution < 1.29 is 23.5 Å². The van der Waals surface area contributed by atoms with Crippen molar-refractivity contribution in [3.8, 4) is 0 Å². The molecule has 8 nitrogen and oxygen atoms in total. The number of benzene rings is 2. The summed E-state index contributed by atoms with van der Waals surface area (Å²) in [4.78, 5) is 42.9. The Hall–Kier alpha value is -3.94. The highest BCUT2D eigenvalue weighted by Crippen LogP contribution is 2.20. The van der Waals surface area contributed by atoms with Crippen LogP contribution in [-0.4, -0.2) is 31.9 Å². The van der Waals surface area contributed by atoms with Gasteiger partial charge in [-0.1, -0.05) is 30.3 Å². The van der Waals surface area contributed by atoms with Gasteiger partial charge in [-0.05, 0) is 30.2 Å². The van der Waals surface area contributed by atoms with Gasteiger partial charge >= 0.3 is 11.6 Å². The van der Waals surface area contributed by atoms with E-state index in [4.69, 9.17) is 4.42 Å². The van der Waals surface area contributed by atoms with E-state index in [0.717, 1.165) is 16.5 Å². The first-order valence-electron chi connectivity index (χ1n) is 9.04. The highest BCUT2D eigenvalue weighted by molar-refractivity contribution is 5.85.